The Morgan fingerprint density at radius 1 is 1.26 bits per heavy atom. The summed E-state index contributed by atoms with van der Waals surface area (Å²) in [5, 5.41) is 2.92. The van der Waals surface area contributed by atoms with Crippen molar-refractivity contribution in [2.75, 3.05) is 6.61 Å². The number of carbonyl (C=O) groups is 1. The highest BCUT2D eigenvalue weighted by atomic mass is 16.5. The number of fused-ring (bicyclic) bond motifs is 1. The van der Waals surface area contributed by atoms with E-state index in [-0.39, 0.29) is 18.1 Å². The van der Waals surface area contributed by atoms with Crippen molar-refractivity contribution >= 4 is 5.91 Å². The first-order valence-corrected chi connectivity index (χ1v) is 8.68. The zero-order chi connectivity index (χ0) is 18.8. The van der Waals surface area contributed by atoms with Gasteiger partial charge in [0.1, 0.15) is 11.6 Å². The molecule has 3 aromatic rings. The van der Waals surface area contributed by atoms with Crippen LogP contribution in [0, 0.1) is 6.92 Å². The molecular weight excluding hydrogens is 346 g/mol. The quantitative estimate of drug-likeness (QED) is 0.750. The molecule has 0 fully saturated rings. The third-order valence-corrected chi connectivity index (χ3v) is 4.60. The number of ether oxygens (including phenoxy) is 1. The predicted octanol–water partition coefficient (Wildman–Crippen LogP) is 1.20. The summed E-state index contributed by atoms with van der Waals surface area (Å²) in [7, 11) is 0. The number of carbonyl (C=O) groups excluding carboxylic acids is 1. The third kappa shape index (κ3) is 3.26. The molecule has 0 atom stereocenters. The summed E-state index contributed by atoms with van der Waals surface area (Å²) in [6.45, 7) is 3.39. The van der Waals surface area contributed by atoms with Crippen molar-refractivity contribution in [3.05, 3.63) is 75.9 Å². The smallest absolute Gasteiger partial charge is 0.253 e. The van der Waals surface area contributed by atoms with Crippen LogP contribution in [0.4, 0.5) is 0 Å². The Morgan fingerprint density at radius 2 is 2.15 bits per heavy atom. The number of imidazole rings is 1. The molecule has 0 radical (unpaired) electrons. The van der Waals surface area contributed by atoms with Crippen LogP contribution in [0.5, 0.6) is 0 Å². The van der Waals surface area contributed by atoms with Gasteiger partial charge in [-0.15, -0.1) is 0 Å². The number of hydrogen-bond donors (Lipinski definition) is 1. The molecule has 0 saturated heterocycles. The van der Waals surface area contributed by atoms with E-state index in [1.807, 2.05) is 29.8 Å². The van der Waals surface area contributed by atoms with E-state index in [0.29, 0.717) is 31.0 Å². The van der Waals surface area contributed by atoms with Crippen LogP contribution in [0.3, 0.4) is 0 Å². The Labute approximate surface area is 155 Å². The van der Waals surface area contributed by atoms with Crippen molar-refractivity contribution < 1.29 is 9.53 Å². The Morgan fingerprint density at radius 3 is 2.96 bits per heavy atom. The molecule has 1 amide bonds. The van der Waals surface area contributed by atoms with E-state index < -0.39 is 0 Å². The minimum atomic E-state index is -0.249. The maximum absolute atomic E-state index is 12.7. The average molecular weight is 365 g/mol. The zero-order valence-electron chi connectivity index (χ0n) is 14.9. The normalized spacial score (nSPS) is 13.2. The molecule has 8 heteroatoms. The molecule has 1 aliphatic rings. The number of amides is 1. The van der Waals surface area contributed by atoms with Gasteiger partial charge in [0, 0.05) is 43.3 Å². The van der Waals surface area contributed by atoms with Crippen LogP contribution < -0.4 is 10.9 Å². The lowest BCUT2D eigenvalue weighted by Gasteiger charge is -2.21. The molecule has 138 valence electrons. The molecule has 1 aliphatic heterocycles. The maximum Gasteiger partial charge on any atom is 0.253 e. The molecule has 1 N–H and O–H groups in total. The highest BCUT2D eigenvalue weighted by molar-refractivity contribution is 5.95. The molecule has 8 nitrogen and oxygen atoms in total. The highest BCUT2D eigenvalue weighted by Crippen LogP contribution is 2.15. The summed E-state index contributed by atoms with van der Waals surface area (Å²) in [6, 6.07) is 6.72. The number of hydrogen-bond acceptors (Lipinski definition) is 5. The Balaban J connectivity index is 1.58. The standard InChI is InChI=1S/C19H19N5O3/c1-13-20-7-8-23(13)18-14(3-2-6-21-18)11-22-19(26)15-4-5-17(25)24-9-10-27-12-16(15)24/h2-8H,9-12H2,1H3,(H,22,26). The lowest BCUT2D eigenvalue weighted by atomic mass is 10.1. The van der Waals surface area contributed by atoms with Crippen LogP contribution in [-0.2, 0) is 24.4 Å². The SMILES string of the molecule is Cc1nccn1-c1ncccc1CNC(=O)c1ccc(=O)n2c1COCC2. The summed E-state index contributed by atoms with van der Waals surface area (Å²) in [4.78, 5) is 33.4. The van der Waals surface area contributed by atoms with Crippen molar-refractivity contribution in [2.24, 2.45) is 0 Å². The molecule has 0 aromatic carbocycles. The largest absolute Gasteiger partial charge is 0.373 e. The minimum Gasteiger partial charge on any atom is -0.373 e. The number of aromatic nitrogens is 4. The second-order valence-electron chi connectivity index (χ2n) is 6.25. The Kier molecular flexibility index (Phi) is 4.55. The van der Waals surface area contributed by atoms with Gasteiger partial charge >= 0.3 is 0 Å². The van der Waals surface area contributed by atoms with Crippen LogP contribution in [0.2, 0.25) is 0 Å². The molecule has 4 rings (SSSR count). The van der Waals surface area contributed by atoms with Crippen LogP contribution in [0.25, 0.3) is 5.82 Å². The molecule has 4 heterocycles. The van der Waals surface area contributed by atoms with E-state index in [1.54, 1.807) is 23.0 Å². The number of nitrogens with zero attached hydrogens (tertiary/aromatic N) is 4. The maximum atomic E-state index is 12.7. The van der Waals surface area contributed by atoms with Crippen molar-refractivity contribution in [1.29, 1.82) is 0 Å². The van der Waals surface area contributed by atoms with Crippen LogP contribution in [0.15, 0.2) is 47.7 Å². The van der Waals surface area contributed by atoms with E-state index in [9.17, 15) is 9.59 Å². The molecule has 0 aliphatic carbocycles. The molecule has 3 aromatic heterocycles. The molecule has 0 saturated carbocycles. The second-order valence-corrected chi connectivity index (χ2v) is 6.25. The number of pyridine rings is 2. The van der Waals surface area contributed by atoms with Crippen molar-refractivity contribution in [3.8, 4) is 5.82 Å². The molecule has 0 spiro atoms. The van der Waals surface area contributed by atoms with Crippen LogP contribution in [0.1, 0.15) is 27.4 Å². The first-order valence-electron chi connectivity index (χ1n) is 8.68. The molecule has 0 unspecified atom stereocenters. The van der Waals surface area contributed by atoms with Gasteiger partial charge in [-0.25, -0.2) is 9.97 Å². The number of nitrogens with one attached hydrogen (secondary N) is 1. The number of rotatable bonds is 4. The summed E-state index contributed by atoms with van der Waals surface area (Å²) in [5.41, 5.74) is 1.82. The lowest BCUT2D eigenvalue weighted by molar-refractivity contribution is 0.0785. The second kappa shape index (κ2) is 7.16. The highest BCUT2D eigenvalue weighted by Gasteiger charge is 2.19. The predicted molar refractivity (Wildman–Crippen MR) is 97.6 cm³/mol. The zero-order valence-corrected chi connectivity index (χ0v) is 14.9. The number of aryl methyl sites for hydroxylation is 1. The van der Waals surface area contributed by atoms with Gasteiger partial charge in [0.05, 0.1) is 24.5 Å². The van der Waals surface area contributed by atoms with E-state index in [4.69, 9.17) is 4.74 Å². The Hall–Kier alpha value is -3.26. The first-order chi connectivity index (χ1) is 13.1. The van der Waals surface area contributed by atoms with Gasteiger partial charge in [0.15, 0.2) is 0 Å². The van der Waals surface area contributed by atoms with E-state index in [1.165, 1.54) is 6.07 Å². The fourth-order valence-corrected chi connectivity index (χ4v) is 3.21. The summed E-state index contributed by atoms with van der Waals surface area (Å²) in [6.07, 6.45) is 5.25. The summed E-state index contributed by atoms with van der Waals surface area (Å²) in [5.74, 6) is 1.29. The van der Waals surface area contributed by atoms with E-state index in [0.717, 1.165) is 17.2 Å². The van der Waals surface area contributed by atoms with Gasteiger partial charge in [-0.2, -0.15) is 0 Å². The monoisotopic (exact) mass is 365 g/mol. The molecular formula is C19H19N5O3. The van der Waals surface area contributed by atoms with Gasteiger partial charge in [0.2, 0.25) is 0 Å². The third-order valence-electron chi connectivity index (χ3n) is 4.60. The fraction of sp³-hybridized carbons (Fsp3) is 0.263. The van der Waals surface area contributed by atoms with Crippen molar-refractivity contribution in [1.82, 2.24) is 24.4 Å². The molecule has 0 bridgehead atoms. The van der Waals surface area contributed by atoms with Crippen LogP contribution >= 0.6 is 0 Å². The van der Waals surface area contributed by atoms with Gasteiger partial charge in [0.25, 0.3) is 11.5 Å². The topological polar surface area (TPSA) is 91.0 Å². The summed E-state index contributed by atoms with van der Waals surface area (Å²) >= 11 is 0. The molecule has 27 heavy (non-hydrogen) atoms. The van der Waals surface area contributed by atoms with Crippen molar-refractivity contribution in [2.45, 2.75) is 26.6 Å². The van der Waals surface area contributed by atoms with Gasteiger partial charge < -0.3 is 14.6 Å². The average Bonchev–Trinajstić information content (AvgIpc) is 3.12. The van der Waals surface area contributed by atoms with E-state index in [2.05, 4.69) is 15.3 Å². The first kappa shape index (κ1) is 17.2. The fourth-order valence-electron chi connectivity index (χ4n) is 3.21. The van der Waals surface area contributed by atoms with Crippen molar-refractivity contribution in [3.63, 3.8) is 0 Å². The van der Waals surface area contributed by atoms with Gasteiger partial charge in [-0.1, -0.05) is 6.07 Å². The van der Waals surface area contributed by atoms with Crippen LogP contribution in [-0.4, -0.2) is 31.6 Å². The minimum absolute atomic E-state index is 0.116. The Bertz CT molecular complexity index is 1050. The van der Waals surface area contributed by atoms with Gasteiger partial charge in [-0.3, -0.25) is 14.2 Å². The van der Waals surface area contributed by atoms with Gasteiger partial charge in [-0.05, 0) is 19.1 Å². The van der Waals surface area contributed by atoms with E-state index >= 15 is 0 Å². The summed E-state index contributed by atoms with van der Waals surface area (Å²) < 4.78 is 8.90. The lowest BCUT2D eigenvalue weighted by Crippen LogP contribution is -2.34.